The van der Waals surface area contributed by atoms with Gasteiger partial charge in [-0.15, -0.1) is 12.4 Å². The molecule has 0 saturated carbocycles. The Morgan fingerprint density at radius 1 is 1.19 bits per heavy atom. The van der Waals surface area contributed by atoms with E-state index in [0.717, 1.165) is 37.3 Å². The van der Waals surface area contributed by atoms with Crippen molar-refractivity contribution in [1.82, 2.24) is 10.2 Å². The maximum Gasteiger partial charge on any atom is 0.127 e. The lowest BCUT2D eigenvalue weighted by molar-refractivity contribution is 0.142. The number of halogens is 2. The van der Waals surface area contributed by atoms with Crippen LogP contribution in [0.4, 0.5) is 4.39 Å². The number of benzene rings is 1. The van der Waals surface area contributed by atoms with Crippen LogP contribution in [0.3, 0.4) is 0 Å². The van der Waals surface area contributed by atoms with Gasteiger partial charge in [0.15, 0.2) is 0 Å². The third-order valence-electron chi connectivity index (χ3n) is 3.76. The van der Waals surface area contributed by atoms with E-state index < -0.39 is 6.67 Å². The second-order valence-corrected chi connectivity index (χ2v) is 5.04. The third kappa shape index (κ3) is 3.99. The van der Waals surface area contributed by atoms with Crippen molar-refractivity contribution in [3.63, 3.8) is 0 Å². The van der Waals surface area contributed by atoms with E-state index in [2.05, 4.69) is 10.2 Å². The Kier molecular flexibility index (Phi) is 7.22. The molecule has 1 aromatic carbocycles. The van der Waals surface area contributed by atoms with E-state index in [-0.39, 0.29) is 18.4 Å². The highest BCUT2D eigenvalue weighted by Gasteiger charge is 2.28. The second kappa shape index (κ2) is 8.41. The van der Waals surface area contributed by atoms with Crippen molar-refractivity contribution in [1.29, 1.82) is 0 Å². The molecule has 0 amide bonds. The van der Waals surface area contributed by atoms with Crippen LogP contribution in [-0.2, 0) is 0 Å². The molecule has 1 N–H and O–H groups in total. The molecular weight excluding hydrogens is 295 g/mol. The van der Waals surface area contributed by atoms with Crippen LogP contribution in [-0.4, -0.2) is 52.0 Å². The van der Waals surface area contributed by atoms with Gasteiger partial charge in [0.25, 0.3) is 0 Å². The van der Waals surface area contributed by atoms with Crippen LogP contribution in [0.5, 0.6) is 11.5 Å². The Morgan fingerprint density at radius 2 is 1.71 bits per heavy atom. The number of methoxy groups -OCH3 is 2. The smallest absolute Gasteiger partial charge is 0.127 e. The summed E-state index contributed by atoms with van der Waals surface area (Å²) in [5, 5.41) is 3.28. The third-order valence-corrected chi connectivity index (χ3v) is 3.76. The van der Waals surface area contributed by atoms with Gasteiger partial charge in [-0.3, -0.25) is 4.90 Å². The maximum atomic E-state index is 13.7. The number of nitrogens with one attached hydrogen (secondary N) is 1. The standard InChI is InChI=1S/C15H23FN2O2.ClH/c1-11-8-13(19-2)15(14(9-11)20-3)12(10-16)18-6-4-17-5-7-18;/h8-9,12,17H,4-7,10H2,1-3H3;1H/t12-;/m0./s1. The zero-order chi connectivity index (χ0) is 14.5. The Labute approximate surface area is 132 Å². The summed E-state index contributed by atoms with van der Waals surface area (Å²) >= 11 is 0. The van der Waals surface area contributed by atoms with Crippen molar-refractivity contribution in [2.24, 2.45) is 0 Å². The molecule has 0 radical (unpaired) electrons. The molecule has 0 unspecified atom stereocenters. The predicted molar refractivity (Wildman–Crippen MR) is 84.7 cm³/mol. The molecule has 0 aromatic heterocycles. The molecule has 1 heterocycles. The maximum absolute atomic E-state index is 13.7. The first-order chi connectivity index (χ1) is 9.71. The molecular formula is C15H24ClFN2O2. The van der Waals surface area contributed by atoms with Crippen molar-refractivity contribution >= 4 is 12.4 Å². The number of hydrogen-bond acceptors (Lipinski definition) is 4. The van der Waals surface area contributed by atoms with Crippen LogP contribution in [0, 0.1) is 6.92 Å². The lowest BCUT2D eigenvalue weighted by atomic mass is 10.0. The van der Waals surface area contributed by atoms with E-state index in [0.29, 0.717) is 11.5 Å². The second-order valence-electron chi connectivity index (χ2n) is 5.04. The summed E-state index contributed by atoms with van der Waals surface area (Å²) in [4.78, 5) is 2.15. The molecule has 1 aliphatic heterocycles. The van der Waals surface area contributed by atoms with Gasteiger partial charge in [-0.1, -0.05) is 0 Å². The predicted octanol–water partition coefficient (Wildman–Crippen LogP) is 2.35. The van der Waals surface area contributed by atoms with E-state index in [1.54, 1.807) is 14.2 Å². The summed E-state index contributed by atoms with van der Waals surface area (Å²) in [6.45, 7) is 4.95. The molecule has 6 heteroatoms. The zero-order valence-electron chi connectivity index (χ0n) is 12.8. The normalized spacial score (nSPS) is 17.0. The zero-order valence-corrected chi connectivity index (χ0v) is 13.6. The van der Waals surface area contributed by atoms with E-state index in [1.807, 2.05) is 19.1 Å². The number of ether oxygens (including phenoxy) is 2. The Morgan fingerprint density at radius 3 is 2.14 bits per heavy atom. The molecule has 1 aliphatic rings. The number of piperazine rings is 1. The van der Waals surface area contributed by atoms with Crippen LogP contribution >= 0.6 is 12.4 Å². The first-order valence-electron chi connectivity index (χ1n) is 6.94. The molecule has 1 saturated heterocycles. The van der Waals surface area contributed by atoms with E-state index in [1.165, 1.54) is 0 Å². The minimum atomic E-state index is -0.449. The molecule has 21 heavy (non-hydrogen) atoms. The fourth-order valence-corrected chi connectivity index (χ4v) is 2.75. The summed E-state index contributed by atoms with van der Waals surface area (Å²) in [5.41, 5.74) is 1.85. The lowest BCUT2D eigenvalue weighted by Gasteiger charge is -2.34. The molecule has 1 atom stereocenters. The molecule has 1 aromatic rings. The minimum Gasteiger partial charge on any atom is -0.496 e. The quantitative estimate of drug-likeness (QED) is 0.903. The molecule has 2 rings (SSSR count). The van der Waals surface area contributed by atoms with Gasteiger partial charge >= 0.3 is 0 Å². The SMILES string of the molecule is COc1cc(C)cc(OC)c1[C@H](CF)N1CCNCC1.Cl. The molecule has 1 fully saturated rings. The van der Waals surface area contributed by atoms with Crippen molar-refractivity contribution in [3.8, 4) is 11.5 Å². The Balaban J connectivity index is 0.00000220. The number of nitrogens with zero attached hydrogens (tertiary/aromatic N) is 1. The van der Waals surface area contributed by atoms with Gasteiger partial charge in [0.1, 0.15) is 18.2 Å². The number of alkyl halides is 1. The van der Waals surface area contributed by atoms with E-state index in [4.69, 9.17) is 9.47 Å². The van der Waals surface area contributed by atoms with Crippen molar-refractivity contribution in [3.05, 3.63) is 23.3 Å². The number of rotatable bonds is 5. The summed E-state index contributed by atoms with van der Waals surface area (Å²) in [6.07, 6.45) is 0. The minimum absolute atomic E-state index is 0. The first-order valence-corrected chi connectivity index (χ1v) is 6.94. The Bertz CT molecular complexity index is 428. The van der Waals surface area contributed by atoms with Gasteiger partial charge in [0.05, 0.1) is 25.8 Å². The van der Waals surface area contributed by atoms with Crippen LogP contribution in [0.25, 0.3) is 0 Å². The van der Waals surface area contributed by atoms with Gasteiger partial charge in [0, 0.05) is 26.2 Å². The fraction of sp³-hybridized carbons (Fsp3) is 0.600. The Hall–Kier alpha value is -1.04. The summed E-state index contributed by atoms with van der Waals surface area (Å²) in [5.74, 6) is 1.39. The van der Waals surface area contributed by atoms with Gasteiger partial charge < -0.3 is 14.8 Å². The average molecular weight is 319 g/mol. The molecule has 0 bridgehead atoms. The highest BCUT2D eigenvalue weighted by Crippen LogP contribution is 2.38. The largest absolute Gasteiger partial charge is 0.496 e. The topological polar surface area (TPSA) is 33.7 Å². The summed E-state index contributed by atoms with van der Waals surface area (Å²) in [7, 11) is 3.23. The number of aryl methyl sites for hydroxylation is 1. The highest BCUT2D eigenvalue weighted by molar-refractivity contribution is 5.85. The first kappa shape index (κ1) is 18.0. The van der Waals surface area contributed by atoms with Crippen LogP contribution in [0.2, 0.25) is 0 Å². The van der Waals surface area contributed by atoms with Crippen molar-refractivity contribution in [2.45, 2.75) is 13.0 Å². The fourth-order valence-electron chi connectivity index (χ4n) is 2.75. The average Bonchev–Trinajstić information content (AvgIpc) is 2.49. The number of hydrogen-bond donors (Lipinski definition) is 1. The van der Waals surface area contributed by atoms with Crippen LogP contribution < -0.4 is 14.8 Å². The molecule has 0 aliphatic carbocycles. The van der Waals surface area contributed by atoms with Crippen LogP contribution in [0.15, 0.2) is 12.1 Å². The van der Waals surface area contributed by atoms with Gasteiger partial charge in [-0.2, -0.15) is 0 Å². The van der Waals surface area contributed by atoms with Crippen LogP contribution in [0.1, 0.15) is 17.2 Å². The van der Waals surface area contributed by atoms with Crippen molar-refractivity contribution < 1.29 is 13.9 Å². The molecule has 120 valence electrons. The molecule has 4 nitrogen and oxygen atoms in total. The van der Waals surface area contributed by atoms with E-state index >= 15 is 0 Å². The molecule has 0 spiro atoms. The lowest BCUT2D eigenvalue weighted by Crippen LogP contribution is -2.45. The van der Waals surface area contributed by atoms with E-state index in [9.17, 15) is 4.39 Å². The van der Waals surface area contributed by atoms with Gasteiger partial charge in [0.2, 0.25) is 0 Å². The van der Waals surface area contributed by atoms with Crippen molar-refractivity contribution in [2.75, 3.05) is 47.1 Å². The monoisotopic (exact) mass is 318 g/mol. The summed E-state index contributed by atoms with van der Waals surface area (Å²) < 4.78 is 24.6. The summed E-state index contributed by atoms with van der Waals surface area (Å²) in [6, 6.07) is 3.55. The van der Waals surface area contributed by atoms with Gasteiger partial charge in [-0.05, 0) is 24.6 Å². The van der Waals surface area contributed by atoms with Gasteiger partial charge in [-0.25, -0.2) is 4.39 Å². The highest BCUT2D eigenvalue weighted by atomic mass is 35.5.